The Bertz CT molecular complexity index is 996. The predicted molar refractivity (Wildman–Crippen MR) is 117 cm³/mol. The van der Waals surface area contributed by atoms with Crippen LogP contribution in [0.4, 0.5) is 0 Å². The third-order valence-electron chi connectivity index (χ3n) is 4.78. The molecule has 1 aliphatic rings. The van der Waals surface area contributed by atoms with Gasteiger partial charge in [0.15, 0.2) is 23.9 Å². The SMILES string of the molecule is COc1cccc(C=C2Oc3cc(OCC(=O)NCCC(C)C)ccc3C2=O)c1OC. The number of allylic oxidation sites excluding steroid dienone is 1. The van der Waals surface area contributed by atoms with Gasteiger partial charge in [0.1, 0.15) is 11.5 Å². The number of carbonyl (C=O) groups is 2. The third-order valence-corrected chi connectivity index (χ3v) is 4.78. The van der Waals surface area contributed by atoms with Crippen molar-refractivity contribution in [2.24, 2.45) is 5.92 Å². The number of hydrogen-bond acceptors (Lipinski definition) is 6. The molecule has 0 radical (unpaired) electrons. The van der Waals surface area contributed by atoms with Crippen LogP contribution in [0.25, 0.3) is 6.08 Å². The van der Waals surface area contributed by atoms with Crippen LogP contribution in [0.3, 0.4) is 0 Å². The summed E-state index contributed by atoms with van der Waals surface area (Å²) in [4.78, 5) is 24.6. The van der Waals surface area contributed by atoms with Gasteiger partial charge in [-0.2, -0.15) is 0 Å². The molecule has 0 saturated carbocycles. The van der Waals surface area contributed by atoms with Gasteiger partial charge in [0, 0.05) is 18.2 Å². The van der Waals surface area contributed by atoms with Crippen LogP contribution in [0.15, 0.2) is 42.2 Å². The van der Waals surface area contributed by atoms with Gasteiger partial charge in [-0.15, -0.1) is 0 Å². The fourth-order valence-electron chi connectivity index (χ4n) is 3.12. The molecule has 7 heteroatoms. The maximum atomic E-state index is 12.7. The number of amides is 1. The van der Waals surface area contributed by atoms with Gasteiger partial charge in [0.05, 0.1) is 19.8 Å². The minimum absolute atomic E-state index is 0.103. The Morgan fingerprint density at radius 2 is 1.97 bits per heavy atom. The average Bonchev–Trinajstić information content (AvgIpc) is 3.06. The van der Waals surface area contributed by atoms with Gasteiger partial charge < -0.3 is 24.3 Å². The first-order chi connectivity index (χ1) is 14.9. The van der Waals surface area contributed by atoms with E-state index in [0.29, 0.717) is 46.6 Å². The van der Waals surface area contributed by atoms with Crippen molar-refractivity contribution in [1.29, 1.82) is 0 Å². The first-order valence-corrected chi connectivity index (χ1v) is 10.1. The fourth-order valence-corrected chi connectivity index (χ4v) is 3.12. The van der Waals surface area contributed by atoms with E-state index in [0.717, 1.165) is 6.42 Å². The molecule has 3 rings (SSSR count). The molecular formula is C24H27NO6. The number of methoxy groups -OCH3 is 2. The molecule has 0 aromatic heterocycles. The number of carbonyl (C=O) groups excluding carboxylic acids is 2. The zero-order valence-electron chi connectivity index (χ0n) is 18.2. The Kier molecular flexibility index (Phi) is 7.18. The maximum Gasteiger partial charge on any atom is 0.257 e. The summed E-state index contributed by atoms with van der Waals surface area (Å²) in [5.74, 6) is 2.17. The molecule has 1 N–H and O–H groups in total. The number of Topliss-reactive ketones (excluding diaryl/α,β-unsaturated/α-hetero) is 1. The van der Waals surface area contributed by atoms with Crippen molar-refractivity contribution < 1.29 is 28.5 Å². The standard InChI is InChI=1S/C24H27NO6/c1-15(2)10-11-25-22(26)14-30-17-8-9-18-20(13-17)31-21(23(18)27)12-16-6-5-7-19(28-3)24(16)29-4/h5-9,12-13,15H,10-11,14H2,1-4H3,(H,25,26). The normalized spacial score (nSPS) is 13.7. The lowest BCUT2D eigenvalue weighted by Crippen LogP contribution is -2.30. The van der Waals surface area contributed by atoms with Crippen molar-refractivity contribution in [2.75, 3.05) is 27.4 Å². The van der Waals surface area contributed by atoms with Gasteiger partial charge in [-0.25, -0.2) is 0 Å². The van der Waals surface area contributed by atoms with Crippen molar-refractivity contribution in [3.05, 3.63) is 53.3 Å². The van der Waals surface area contributed by atoms with Crippen molar-refractivity contribution in [3.8, 4) is 23.0 Å². The second-order valence-corrected chi connectivity index (χ2v) is 7.50. The lowest BCUT2D eigenvalue weighted by molar-refractivity contribution is -0.123. The molecule has 0 bridgehead atoms. The topological polar surface area (TPSA) is 83.1 Å². The van der Waals surface area contributed by atoms with Gasteiger partial charge in [-0.1, -0.05) is 26.0 Å². The quantitative estimate of drug-likeness (QED) is 0.615. The summed E-state index contributed by atoms with van der Waals surface area (Å²) < 4.78 is 22.0. The molecule has 0 aliphatic carbocycles. The van der Waals surface area contributed by atoms with E-state index in [1.807, 2.05) is 0 Å². The Labute approximate surface area is 181 Å². The van der Waals surface area contributed by atoms with Crippen LogP contribution in [0.2, 0.25) is 0 Å². The number of rotatable bonds is 9. The molecular weight excluding hydrogens is 398 g/mol. The Hall–Kier alpha value is -3.48. The van der Waals surface area contributed by atoms with Gasteiger partial charge in [-0.05, 0) is 36.6 Å². The van der Waals surface area contributed by atoms with E-state index in [1.54, 1.807) is 49.6 Å². The molecule has 0 fully saturated rings. The Balaban J connectivity index is 1.69. The van der Waals surface area contributed by atoms with Crippen LogP contribution in [0.5, 0.6) is 23.0 Å². The summed E-state index contributed by atoms with van der Waals surface area (Å²) >= 11 is 0. The van der Waals surface area contributed by atoms with E-state index >= 15 is 0 Å². The molecule has 7 nitrogen and oxygen atoms in total. The molecule has 0 atom stereocenters. The van der Waals surface area contributed by atoms with Crippen molar-refractivity contribution in [2.45, 2.75) is 20.3 Å². The monoisotopic (exact) mass is 425 g/mol. The molecule has 1 aliphatic heterocycles. The molecule has 0 saturated heterocycles. The summed E-state index contributed by atoms with van der Waals surface area (Å²) in [6, 6.07) is 10.3. The maximum absolute atomic E-state index is 12.7. The van der Waals surface area contributed by atoms with E-state index in [4.69, 9.17) is 18.9 Å². The predicted octanol–water partition coefficient (Wildman–Crippen LogP) is 3.86. The van der Waals surface area contributed by atoms with E-state index in [-0.39, 0.29) is 24.1 Å². The van der Waals surface area contributed by atoms with E-state index < -0.39 is 0 Å². The largest absolute Gasteiger partial charge is 0.493 e. The number of nitrogens with one attached hydrogen (secondary N) is 1. The number of ether oxygens (including phenoxy) is 4. The fraction of sp³-hybridized carbons (Fsp3) is 0.333. The van der Waals surface area contributed by atoms with Gasteiger partial charge >= 0.3 is 0 Å². The van der Waals surface area contributed by atoms with Crippen LogP contribution < -0.4 is 24.3 Å². The van der Waals surface area contributed by atoms with Crippen molar-refractivity contribution in [3.63, 3.8) is 0 Å². The van der Waals surface area contributed by atoms with Crippen molar-refractivity contribution >= 4 is 17.8 Å². The highest BCUT2D eigenvalue weighted by Gasteiger charge is 2.28. The molecule has 0 spiro atoms. The molecule has 164 valence electrons. The zero-order chi connectivity index (χ0) is 22.4. The Morgan fingerprint density at radius 1 is 1.16 bits per heavy atom. The summed E-state index contributed by atoms with van der Waals surface area (Å²) in [5.41, 5.74) is 1.09. The van der Waals surface area contributed by atoms with Crippen LogP contribution in [-0.4, -0.2) is 39.1 Å². The van der Waals surface area contributed by atoms with Crippen LogP contribution in [0.1, 0.15) is 36.2 Å². The van der Waals surface area contributed by atoms with Gasteiger partial charge in [0.25, 0.3) is 5.91 Å². The van der Waals surface area contributed by atoms with E-state index in [2.05, 4.69) is 19.2 Å². The molecule has 2 aromatic rings. The molecule has 1 amide bonds. The highest BCUT2D eigenvalue weighted by molar-refractivity contribution is 6.14. The molecule has 2 aromatic carbocycles. The number of fused-ring (bicyclic) bond motifs is 1. The summed E-state index contributed by atoms with van der Waals surface area (Å²) in [5, 5.41) is 2.82. The summed E-state index contributed by atoms with van der Waals surface area (Å²) in [6.07, 6.45) is 2.53. The van der Waals surface area contributed by atoms with E-state index in [1.165, 1.54) is 7.11 Å². The van der Waals surface area contributed by atoms with Gasteiger partial charge in [0.2, 0.25) is 5.78 Å². The van der Waals surface area contributed by atoms with Crippen LogP contribution in [0, 0.1) is 5.92 Å². The number of hydrogen-bond donors (Lipinski definition) is 1. The summed E-state index contributed by atoms with van der Waals surface area (Å²) in [6.45, 7) is 4.71. The minimum Gasteiger partial charge on any atom is -0.493 e. The number of ketones is 1. The molecule has 1 heterocycles. The van der Waals surface area contributed by atoms with Crippen molar-refractivity contribution in [1.82, 2.24) is 5.32 Å². The lowest BCUT2D eigenvalue weighted by atomic mass is 10.1. The van der Waals surface area contributed by atoms with Crippen LogP contribution >= 0.6 is 0 Å². The lowest BCUT2D eigenvalue weighted by Gasteiger charge is -2.10. The first-order valence-electron chi connectivity index (χ1n) is 10.1. The number of benzene rings is 2. The zero-order valence-corrected chi connectivity index (χ0v) is 18.2. The second kappa shape index (κ2) is 10.0. The van der Waals surface area contributed by atoms with Crippen LogP contribution in [-0.2, 0) is 4.79 Å². The third kappa shape index (κ3) is 5.36. The Morgan fingerprint density at radius 3 is 2.68 bits per heavy atom. The molecule has 31 heavy (non-hydrogen) atoms. The summed E-state index contributed by atoms with van der Waals surface area (Å²) in [7, 11) is 3.09. The number of para-hydroxylation sites is 1. The van der Waals surface area contributed by atoms with E-state index in [9.17, 15) is 9.59 Å². The minimum atomic E-state index is -0.238. The molecule has 0 unspecified atom stereocenters. The highest BCUT2D eigenvalue weighted by atomic mass is 16.5. The second-order valence-electron chi connectivity index (χ2n) is 7.50. The smallest absolute Gasteiger partial charge is 0.257 e. The highest BCUT2D eigenvalue weighted by Crippen LogP contribution is 2.37. The van der Waals surface area contributed by atoms with Gasteiger partial charge in [-0.3, -0.25) is 9.59 Å². The first kappa shape index (κ1) is 22.2. The average molecular weight is 425 g/mol.